The number of allylic oxidation sites excluding steroid dienone is 7. The van der Waals surface area contributed by atoms with E-state index in [1.807, 2.05) is 12.2 Å². The molecular formula is C15H25O4P. The van der Waals surface area contributed by atoms with Gasteiger partial charge in [0.2, 0.25) is 0 Å². The second-order valence-electron chi connectivity index (χ2n) is 4.22. The zero-order valence-electron chi connectivity index (χ0n) is 12.0. The van der Waals surface area contributed by atoms with Crippen molar-refractivity contribution in [1.82, 2.24) is 0 Å². The fourth-order valence-corrected chi connectivity index (χ4v) is 1.61. The van der Waals surface area contributed by atoms with E-state index in [0.29, 0.717) is 0 Å². The van der Waals surface area contributed by atoms with Crippen molar-refractivity contribution in [3.05, 3.63) is 48.6 Å². The first-order valence-electron chi connectivity index (χ1n) is 6.89. The Morgan fingerprint density at radius 1 is 0.900 bits per heavy atom. The van der Waals surface area contributed by atoms with Gasteiger partial charge in [-0.25, -0.2) is 4.57 Å². The summed E-state index contributed by atoms with van der Waals surface area (Å²) in [6.45, 7) is 2.09. The van der Waals surface area contributed by atoms with E-state index < -0.39 is 7.82 Å². The Morgan fingerprint density at radius 3 is 2.15 bits per heavy atom. The van der Waals surface area contributed by atoms with Crippen LogP contribution in [0.1, 0.15) is 39.0 Å². The highest BCUT2D eigenvalue weighted by atomic mass is 31.2. The lowest BCUT2D eigenvalue weighted by molar-refractivity contribution is 0.215. The zero-order chi connectivity index (χ0) is 15.1. The molecule has 0 aliphatic carbocycles. The highest BCUT2D eigenvalue weighted by molar-refractivity contribution is 7.46. The molecule has 114 valence electrons. The summed E-state index contributed by atoms with van der Waals surface area (Å²) in [6, 6.07) is 0. The van der Waals surface area contributed by atoms with Gasteiger partial charge in [0.25, 0.3) is 0 Å². The smallest absolute Gasteiger partial charge is 0.303 e. The predicted octanol–water partition coefficient (Wildman–Crippen LogP) is 4.29. The third kappa shape index (κ3) is 17.1. The average Bonchev–Trinajstić information content (AvgIpc) is 2.38. The van der Waals surface area contributed by atoms with Gasteiger partial charge in [-0.2, -0.15) is 0 Å². The van der Waals surface area contributed by atoms with Crippen molar-refractivity contribution in [2.45, 2.75) is 39.0 Å². The average molecular weight is 300 g/mol. The molecule has 0 heterocycles. The monoisotopic (exact) mass is 300 g/mol. The lowest BCUT2D eigenvalue weighted by Crippen LogP contribution is -1.86. The van der Waals surface area contributed by atoms with Crippen LogP contribution in [0, 0.1) is 0 Å². The lowest BCUT2D eigenvalue weighted by atomic mass is 10.2. The Bertz CT molecular complexity index is 377. The van der Waals surface area contributed by atoms with E-state index in [1.165, 1.54) is 19.3 Å². The minimum atomic E-state index is -4.35. The van der Waals surface area contributed by atoms with E-state index in [4.69, 9.17) is 9.79 Å². The molecule has 20 heavy (non-hydrogen) atoms. The number of unbranched alkanes of at least 4 members (excludes halogenated alkanes) is 3. The zero-order valence-corrected chi connectivity index (χ0v) is 12.9. The van der Waals surface area contributed by atoms with Crippen LogP contribution in [0.2, 0.25) is 0 Å². The standard InChI is InChI=1S/C15H25O4P/c1-2-3-4-5-6-7-8-9-10-11-12-13-14-15-19-20(16,17)18/h5-6,9-14H,2-4,7-8,15H2,1H3,(H2,16,17,18). The van der Waals surface area contributed by atoms with Crippen LogP contribution in [0.15, 0.2) is 48.6 Å². The molecule has 0 bridgehead atoms. The van der Waals surface area contributed by atoms with Crippen LogP contribution in [0.5, 0.6) is 0 Å². The van der Waals surface area contributed by atoms with Gasteiger partial charge in [-0.05, 0) is 19.3 Å². The van der Waals surface area contributed by atoms with Crippen molar-refractivity contribution < 1.29 is 18.9 Å². The van der Waals surface area contributed by atoms with E-state index in [2.05, 4.69) is 29.7 Å². The number of hydrogen-bond acceptors (Lipinski definition) is 2. The summed E-state index contributed by atoms with van der Waals surface area (Å²) < 4.78 is 14.6. The summed E-state index contributed by atoms with van der Waals surface area (Å²) in [6.07, 6.45) is 21.1. The fraction of sp³-hybridized carbons (Fsp3) is 0.467. The van der Waals surface area contributed by atoms with Gasteiger partial charge in [0, 0.05) is 0 Å². The topological polar surface area (TPSA) is 66.8 Å². The minimum Gasteiger partial charge on any atom is -0.303 e. The van der Waals surface area contributed by atoms with Gasteiger partial charge in [-0.3, -0.25) is 4.52 Å². The Kier molecular flexibility index (Phi) is 12.5. The molecule has 0 aliphatic rings. The summed E-state index contributed by atoms with van der Waals surface area (Å²) in [5, 5.41) is 0. The molecule has 0 unspecified atom stereocenters. The van der Waals surface area contributed by atoms with Gasteiger partial charge in [-0.1, -0.05) is 68.4 Å². The molecule has 0 aromatic rings. The summed E-state index contributed by atoms with van der Waals surface area (Å²) in [5.41, 5.74) is 0. The Balaban J connectivity index is 3.54. The van der Waals surface area contributed by atoms with Crippen LogP contribution in [-0.4, -0.2) is 16.4 Å². The van der Waals surface area contributed by atoms with E-state index in [1.54, 1.807) is 18.2 Å². The molecule has 0 fully saturated rings. The third-order valence-corrected chi connectivity index (χ3v) is 2.82. The van der Waals surface area contributed by atoms with Crippen molar-refractivity contribution in [2.24, 2.45) is 0 Å². The van der Waals surface area contributed by atoms with Crippen molar-refractivity contribution in [2.75, 3.05) is 6.61 Å². The van der Waals surface area contributed by atoms with E-state index >= 15 is 0 Å². The van der Waals surface area contributed by atoms with Gasteiger partial charge in [0.15, 0.2) is 0 Å². The highest BCUT2D eigenvalue weighted by Gasteiger charge is 2.10. The minimum absolute atomic E-state index is 0.0963. The first-order valence-corrected chi connectivity index (χ1v) is 8.42. The normalized spacial score (nSPS) is 13.6. The highest BCUT2D eigenvalue weighted by Crippen LogP contribution is 2.35. The lowest BCUT2D eigenvalue weighted by Gasteiger charge is -1.99. The summed E-state index contributed by atoms with van der Waals surface area (Å²) in [4.78, 5) is 16.9. The van der Waals surface area contributed by atoms with Gasteiger partial charge >= 0.3 is 7.82 Å². The molecule has 0 saturated heterocycles. The second kappa shape index (κ2) is 13.1. The number of rotatable bonds is 11. The maximum atomic E-state index is 10.4. The van der Waals surface area contributed by atoms with Gasteiger partial charge in [0.1, 0.15) is 0 Å². The first kappa shape index (κ1) is 19.1. The van der Waals surface area contributed by atoms with Crippen molar-refractivity contribution in [3.63, 3.8) is 0 Å². The maximum Gasteiger partial charge on any atom is 0.469 e. The quantitative estimate of drug-likeness (QED) is 0.258. The fourth-order valence-electron chi connectivity index (χ4n) is 1.33. The van der Waals surface area contributed by atoms with E-state index in [0.717, 1.165) is 12.8 Å². The SMILES string of the molecule is CCCCC=CCCC=CC=CC=CCOP(=O)(O)O. The van der Waals surface area contributed by atoms with Gasteiger partial charge < -0.3 is 9.79 Å². The van der Waals surface area contributed by atoms with E-state index in [9.17, 15) is 4.57 Å². The number of hydrogen-bond donors (Lipinski definition) is 2. The molecule has 5 heteroatoms. The molecular weight excluding hydrogens is 275 g/mol. The van der Waals surface area contributed by atoms with Crippen LogP contribution < -0.4 is 0 Å². The molecule has 0 rings (SSSR count). The van der Waals surface area contributed by atoms with Gasteiger partial charge in [-0.15, -0.1) is 0 Å². The summed E-state index contributed by atoms with van der Waals surface area (Å²) >= 11 is 0. The van der Waals surface area contributed by atoms with Crippen molar-refractivity contribution in [3.8, 4) is 0 Å². The number of phosphoric ester groups is 1. The molecule has 0 saturated carbocycles. The maximum absolute atomic E-state index is 10.4. The predicted molar refractivity (Wildman–Crippen MR) is 83.3 cm³/mol. The molecule has 0 spiro atoms. The molecule has 0 atom stereocenters. The molecule has 0 radical (unpaired) electrons. The Hall–Kier alpha value is -0.930. The molecule has 0 aliphatic heterocycles. The van der Waals surface area contributed by atoms with Crippen LogP contribution >= 0.6 is 7.82 Å². The summed E-state index contributed by atoms with van der Waals surface area (Å²) in [7, 11) is -4.35. The Labute approximate surface area is 121 Å². The molecule has 0 aromatic heterocycles. The first-order chi connectivity index (χ1) is 9.56. The van der Waals surface area contributed by atoms with Crippen LogP contribution in [0.3, 0.4) is 0 Å². The second-order valence-corrected chi connectivity index (χ2v) is 5.46. The molecule has 0 aromatic carbocycles. The summed E-state index contributed by atoms with van der Waals surface area (Å²) in [5.74, 6) is 0. The van der Waals surface area contributed by atoms with Crippen LogP contribution in [-0.2, 0) is 9.09 Å². The van der Waals surface area contributed by atoms with Crippen LogP contribution in [0.25, 0.3) is 0 Å². The van der Waals surface area contributed by atoms with E-state index in [-0.39, 0.29) is 6.61 Å². The largest absolute Gasteiger partial charge is 0.469 e. The molecule has 0 amide bonds. The van der Waals surface area contributed by atoms with Crippen molar-refractivity contribution >= 4 is 7.82 Å². The molecule has 4 nitrogen and oxygen atoms in total. The van der Waals surface area contributed by atoms with Crippen molar-refractivity contribution in [1.29, 1.82) is 0 Å². The molecule has 2 N–H and O–H groups in total. The Morgan fingerprint density at radius 2 is 1.50 bits per heavy atom. The van der Waals surface area contributed by atoms with Gasteiger partial charge in [0.05, 0.1) is 6.61 Å². The number of phosphoric acid groups is 1. The third-order valence-electron chi connectivity index (χ3n) is 2.34. The van der Waals surface area contributed by atoms with Crippen LogP contribution in [0.4, 0.5) is 0 Å².